The van der Waals surface area contributed by atoms with Crippen molar-refractivity contribution in [1.29, 1.82) is 0 Å². The highest BCUT2D eigenvalue weighted by Crippen LogP contribution is 2.25. The van der Waals surface area contributed by atoms with Gasteiger partial charge in [0.1, 0.15) is 11.6 Å². The number of nitrogens with one attached hydrogen (secondary N) is 1. The Morgan fingerprint density at radius 3 is 2.41 bits per heavy atom. The molecule has 5 nitrogen and oxygen atoms in total. The number of amides is 1. The Morgan fingerprint density at radius 2 is 1.81 bits per heavy atom. The van der Waals surface area contributed by atoms with Gasteiger partial charge in [-0.1, -0.05) is 6.08 Å². The summed E-state index contributed by atoms with van der Waals surface area (Å²) in [6, 6.07) is 9.29. The van der Waals surface area contributed by atoms with Crippen LogP contribution in [0.15, 0.2) is 55.3 Å². The lowest BCUT2D eigenvalue weighted by Gasteiger charge is -2.32. The first-order chi connectivity index (χ1) is 13.1. The van der Waals surface area contributed by atoms with Gasteiger partial charge >= 0.3 is 0 Å². The molecule has 6 heteroatoms. The van der Waals surface area contributed by atoms with Crippen molar-refractivity contribution in [2.24, 2.45) is 5.92 Å². The van der Waals surface area contributed by atoms with Gasteiger partial charge in [-0.05, 0) is 49.2 Å². The van der Waals surface area contributed by atoms with Crippen molar-refractivity contribution in [1.82, 2.24) is 10.3 Å². The molecule has 1 aromatic heterocycles. The van der Waals surface area contributed by atoms with Gasteiger partial charge in [-0.3, -0.25) is 9.59 Å². The van der Waals surface area contributed by atoms with Crippen LogP contribution >= 0.6 is 0 Å². The number of halogens is 1. The second kappa shape index (κ2) is 8.58. The smallest absolute Gasteiger partial charge is 0.253 e. The van der Waals surface area contributed by atoms with Gasteiger partial charge in [0.15, 0.2) is 5.78 Å². The summed E-state index contributed by atoms with van der Waals surface area (Å²) in [6.07, 6.45) is 4.62. The predicted octanol–water partition coefficient (Wildman–Crippen LogP) is 3.24. The van der Waals surface area contributed by atoms with Crippen molar-refractivity contribution in [3.05, 3.63) is 72.2 Å². The number of rotatable bonds is 6. The summed E-state index contributed by atoms with van der Waals surface area (Å²) in [5.74, 6) is 0.280. The van der Waals surface area contributed by atoms with Crippen LogP contribution in [0, 0.1) is 11.7 Å². The number of benzene rings is 1. The van der Waals surface area contributed by atoms with Crippen molar-refractivity contribution in [3.63, 3.8) is 0 Å². The van der Waals surface area contributed by atoms with E-state index in [4.69, 9.17) is 0 Å². The van der Waals surface area contributed by atoms with E-state index in [1.54, 1.807) is 30.5 Å². The normalized spacial score (nSPS) is 14.6. The number of nitrogens with zero attached hydrogens (tertiary/aromatic N) is 2. The fourth-order valence-electron chi connectivity index (χ4n) is 3.19. The summed E-state index contributed by atoms with van der Waals surface area (Å²) in [5.41, 5.74) is 1.06. The Balaban J connectivity index is 1.57. The summed E-state index contributed by atoms with van der Waals surface area (Å²) >= 11 is 0. The van der Waals surface area contributed by atoms with Gasteiger partial charge < -0.3 is 10.2 Å². The van der Waals surface area contributed by atoms with Crippen LogP contribution in [0.2, 0.25) is 0 Å². The summed E-state index contributed by atoms with van der Waals surface area (Å²) < 4.78 is 13.0. The molecule has 1 amide bonds. The minimum Gasteiger partial charge on any atom is -0.357 e. The van der Waals surface area contributed by atoms with Gasteiger partial charge in [-0.25, -0.2) is 9.37 Å². The molecule has 1 aromatic carbocycles. The first kappa shape index (κ1) is 18.8. The second-order valence-electron chi connectivity index (χ2n) is 6.54. The highest BCUT2D eigenvalue weighted by atomic mass is 19.1. The SMILES string of the molecule is C=CCNC(=O)c1ccc(N2CCC(C(=O)c3ccc(F)cc3)CC2)nc1. The van der Waals surface area contributed by atoms with Gasteiger partial charge in [-0.2, -0.15) is 0 Å². The Kier molecular flexibility index (Phi) is 5.96. The molecule has 27 heavy (non-hydrogen) atoms. The van der Waals surface area contributed by atoms with Gasteiger partial charge in [0.05, 0.1) is 5.56 Å². The number of anilines is 1. The lowest BCUT2D eigenvalue weighted by atomic mass is 9.89. The molecule has 1 aliphatic heterocycles. The van der Waals surface area contributed by atoms with Crippen LogP contribution in [0.4, 0.5) is 10.2 Å². The molecule has 3 rings (SSSR count). The average molecular weight is 367 g/mol. The first-order valence-electron chi connectivity index (χ1n) is 8.98. The fourth-order valence-corrected chi connectivity index (χ4v) is 3.19. The molecule has 2 aromatic rings. The fraction of sp³-hybridized carbons (Fsp3) is 0.286. The molecule has 1 N–H and O–H groups in total. The quantitative estimate of drug-likeness (QED) is 0.629. The van der Waals surface area contributed by atoms with Gasteiger partial charge in [0.25, 0.3) is 5.91 Å². The number of hydrogen-bond donors (Lipinski definition) is 1. The van der Waals surface area contributed by atoms with E-state index < -0.39 is 0 Å². The molecule has 2 heterocycles. The molecule has 0 radical (unpaired) electrons. The van der Waals surface area contributed by atoms with E-state index in [-0.39, 0.29) is 23.4 Å². The largest absolute Gasteiger partial charge is 0.357 e. The van der Waals surface area contributed by atoms with Crippen molar-refractivity contribution in [3.8, 4) is 0 Å². The van der Waals surface area contributed by atoms with Gasteiger partial charge in [0, 0.05) is 37.3 Å². The lowest BCUT2D eigenvalue weighted by Crippen LogP contribution is -2.37. The van der Waals surface area contributed by atoms with E-state index in [0.717, 1.165) is 18.7 Å². The zero-order valence-electron chi connectivity index (χ0n) is 15.0. The van der Waals surface area contributed by atoms with E-state index in [2.05, 4.69) is 21.8 Å². The third-order valence-electron chi connectivity index (χ3n) is 4.74. The van der Waals surface area contributed by atoms with Crippen LogP contribution < -0.4 is 10.2 Å². The van der Waals surface area contributed by atoms with Crippen molar-refractivity contribution in [2.75, 3.05) is 24.5 Å². The number of aromatic nitrogens is 1. The second-order valence-corrected chi connectivity index (χ2v) is 6.54. The molecule has 0 bridgehead atoms. The van der Waals surface area contributed by atoms with Crippen LogP contribution in [-0.4, -0.2) is 36.3 Å². The van der Waals surface area contributed by atoms with E-state index in [9.17, 15) is 14.0 Å². The number of pyridine rings is 1. The molecule has 1 aliphatic rings. The summed E-state index contributed by atoms with van der Waals surface area (Å²) in [6.45, 7) is 5.41. The van der Waals surface area contributed by atoms with E-state index in [0.29, 0.717) is 30.8 Å². The van der Waals surface area contributed by atoms with E-state index >= 15 is 0 Å². The number of ketones is 1. The molecule has 0 aliphatic carbocycles. The maximum Gasteiger partial charge on any atom is 0.253 e. The van der Waals surface area contributed by atoms with Crippen molar-refractivity contribution in [2.45, 2.75) is 12.8 Å². The van der Waals surface area contributed by atoms with Gasteiger partial charge in [0.2, 0.25) is 0 Å². The molecule has 0 unspecified atom stereocenters. The maximum absolute atomic E-state index is 13.0. The summed E-state index contributed by atoms with van der Waals surface area (Å²) in [5, 5.41) is 2.71. The maximum atomic E-state index is 13.0. The molecule has 0 saturated carbocycles. The molecule has 140 valence electrons. The van der Waals surface area contributed by atoms with Crippen LogP contribution in [0.5, 0.6) is 0 Å². The van der Waals surface area contributed by atoms with Crippen LogP contribution in [0.25, 0.3) is 0 Å². The standard InChI is InChI=1S/C21H22FN3O2/c1-2-11-23-21(27)17-5-8-19(24-14-17)25-12-9-16(10-13-25)20(26)15-3-6-18(22)7-4-15/h2-8,14,16H,1,9-13H2,(H,23,27). The van der Waals surface area contributed by atoms with Crippen LogP contribution in [-0.2, 0) is 0 Å². The van der Waals surface area contributed by atoms with Crippen molar-refractivity contribution >= 4 is 17.5 Å². The number of Topliss-reactive ketones (excluding diaryl/α,β-unsaturated/α-hetero) is 1. The Hall–Kier alpha value is -3.02. The number of piperidine rings is 1. The highest BCUT2D eigenvalue weighted by Gasteiger charge is 2.26. The van der Waals surface area contributed by atoms with Crippen molar-refractivity contribution < 1.29 is 14.0 Å². The third-order valence-corrected chi connectivity index (χ3v) is 4.74. The molecule has 0 spiro atoms. The first-order valence-corrected chi connectivity index (χ1v) is 8.98. The summed E-state index contributed by atoms with van der Waals surface area (Å²) in [4.78, 5) is 30.9. The number of carbonyl (C=O) groups is 2. The molecule has 1 saturated heterocycles. The van der Waals surface area contributed by atoms with Crippen LogP contribution in [0.3, 0.4) is 0 Å². The zero-order chi connectivity index (χ0) is 19.2. The Morgan fingerprint density at radius 1 is 1.15 bits per heavy atom. The highest BCUT2D eigenvalue weighted by molar-refractivity contribution is 5.98. The molecular formula is C21H22FN3O2. The molecule has 1 fully saturated rings. The van der Waals surface area contributed by atoms with E-state index in [1.165, 1.54) is 12.1 Å². The van der Waals surface area contributed by atoms with Crippen LogP contribution in [0.1, 0.15) is 33.6 Å². The average Bonchev–Trinajstić information content (AvgIpc) is 2.72. The minimum absolute atomic E-state index is 0.0596. The third kappa shape index (κ3) is 4.58. The molecule has 0 atom stereocenters. The minimum atomic E-state index is -0.339. The summed E-state index contributed by atoms with van der Waals surface area (Å²) in [7, 11) is 0. The number of carbonyl (C=O) groups excluding carboxylic acids is 2. The predicted molar refractivity (Wildman–Crippen MR) is 102 cm³/mol. The Labute approximate surface area is 157 Å². The zero-order valence-corrected chi connectivity index (χ0v) is 15.0. The monoisotopic (exact) mass is 367 g/mol. The molecular weight excluding hydrogens is 345 g/mol. The lowest BCUT2D eigenvalue weighted by molar-refractivity contribution is 0.0899. The number of hydrogen-bond acceptors (Lipinski definition) is 4. The Bertz CT molecular complexity index is 810. The topological polar surface area (TPSA) is 62.3 Å². The van der Waals surface area contributed by atoms with Gasteiger partial charge in [-0.15, -0.1) is 6.58 Å². The van der Waals surface area contributed by atoms with E-state index in [1.807, 2.05) is 6.07 Å².